The van der Waals surface area contributed by atoms with Gasteiger partial charge >= 0.3 is 0 Å². The van der Waals surface area contributed by atoms with Crippen molar-refractivity contribution >= 4 is 5.91 Å². The van der Waals surface area contributed by atoms with Crippen LogP contribution in [0.1, 0.15) is 37.1 Å². The highest BCUT2D eigenvalue weighted by atomic mass is 16.5. The lowest BCUT2D eigenvalue weighted by atomic mass is 10.2. The number of ether oxygens (including phenoxy) is 1. The molecule has 1 fully saturated rings. The van der Waals surface area contributed by atoms with Crippen LogP contribution in [0.25, 0.3) is 0 Å². The third-order valence-corrected chi connectivity index (χ3v) is 3.59. The summed E-state index contributed by atoms with van der Waals surface area (Å²) in [4.78, 5) is 13.8. The van der Waals surface area contributed by atoms with Crippen LogP contribution < -0.4 is 0 Å². The zero-order valence-corrected chi connectivity index (χ0v) is 10.8. The number of carbonyl (C=O) groups is 1. The maximum atomic E-state index is 11.9. The molecule has 98 valence electrons. The lowest BCUT2D eigenvalue weighted by Gasteiger charge is -2.27. The van der Waals surface area contributed by atoms with E-state index in [4.69, 9.17) is 4.74 Å². The minimum absolute atomic E-state index is 0.0808. The first-order chi connectivity index (χ1) is 8.78. The average molecular weight is 249 g/mol. The fourth-order valence-corrected chi connectivity index (χ4v) is 2.36. The molecule has 1 amide bonds. The van der Waals surface area contributed by atoms with Crippen LogP contribution in [-0.2, 0) is 22.6 Å². The van der Waals surface area contributed by atoms with Gasteiger partial charge in [0.1, 0.15) is 6.61 Å². The van der Waals surface area contributed by atoms with E-state index in [1.807, 2.05) is 11.8 Å². The Morgan fingerprint density at radius 2 is 2.33 bits per heavy atom. The molecule has 0 spiro atoms. The Kier molecular flexibility index (Phi) is 3.07. The van der Waals surface area contributed by atoms with Gasteiger partial charge in [0.15, 0.2) is 0 Å². The number of carbonyl (C=O) groups excluding carboxylic acids is 1. The van der Waals surface area contributed by atoms with Gasteiger partial charge < -0.3 is 9.64 Å². The summed E-state index contributed by atoms with van der Waals surface area (Å²) >= 11 is 0. The zero-order valence-electron chi connectivity index (χ0n) is 10.8. The highest BCUT2D eigenvalue weighted by Gasteiger charge is 2.29. The van der Waals surface area contributed by atoms with Crippen molar-refractivity contribution in [2.75, 3.05) is 19.8 Å². The van der Waals surface area contributed by atoms with Gasteiger partial charge in [0, 0.05) is 19.1 Å². The number of hydrogen-bond acceptors (Lipinski definition) is 3. The molecule has 1 saturated carbocycles. The van der Waals surface area contributed by atoms with Crippen molar-refractivity contribution < 1.29 is 9.53 Å². The first-order valence-electron chi connectivity index (χ1n) is 6.70. The van der Waals surface area contributed by atoms with Crippen LogP contribution in [0.15, 0.2) is 6.07 Å². The van der Waals surface area contributed by atoms with Crippen LogP contribution in [-0.4, -0.2) is 40.3 Å². The van der Waals surface area contributed by atoms with Gasteiger partial charge in [-0.2, -0.15) is 5.10 Å². The molecule has 0 saturated heterocycles. The Morgan fingerprint density at radius 1 is 1.50 bits per heavy atom. The van der Waals surface area contributed by atoms with E-state index in [1.165, 1.54) is 18.5 Å². The molecule has 0 bridgehead atoms. The Hall–Kier alpha value is -1.36. The zero-order chi connectivity index (χ0) is 12.5. The molecule has 0 unspecified atom stereocenters. The van der Waals surface area contributed by atoms with Crippen LogP contribution in [0, 0.1) is 0 Å². The summed E-state index contributed by atoms with van der Waals surface area (Å²) in [5, 5.41) is 4.62. The van der Waals surface area contributed by atoms with Gasteiger partial charge in [-0.3, -0.25) is 9.48 Å². The molecule has 1 aromatic rings. The van der Waals surface area contributed by atoms with Crippen LogP contribution in [0.2, 0.25) is 0 Å². The molecule has 5 heteroatoms. The van der Waals surface area contributed by atoms with E-state index in [9.17, 15) is 4.79 Å². The van der Waals surface area contributed by atoms with Gasteiger partial charge in [-0.1, -0.05) is 0 Å². The van der Waals surface area contributed by atoms with Crippen molar-refractivity contribution in [2.24, 2.45) is 0 Å². The van der Waals surface area contributed by atoms with Gasteiger partial charge in [-0.05, 0) is 25.8 Å². The van der Waals surface area contributed by atoms with Crippen molar-refractivity contribution in [1.82, 2.24) is 14.7 Å². The van der Waals surface area contributed by atoms with E-state index >= 15 is 0 Å². The second kappa shape index (κ2) is 4.72. The van der Waals surface area contributed by atoms with Gasteiger partial charge in [0.2, 0.25) is 5.91 Å². The van der Waals surface area contributed by atoms with Crippen molar-refractivity contribution in [3.8, 4) is 0 Å². The van der Waals surface area contributed by atoms with Crippen molar-refractivity contribution in [2.45, 2.75) is 38.8 Å². The molecule has 0 N–H and O–H groups in total. The molecule has 1 aliphatic carbocycles. The third-order valence-electron chi connectivity index (χ3n) is 3.59. The molecule has 2 aliphatic rings. The second-order valence-corrected chi connectivity index (χ2v) is 5.01. The topological polar surface area (TPSA) is 47.4 Å². The standard InChI is InChI=1S/C13H19N3O2/c1-2-18-9-13(17)15-5-6-16-11(8-15)7-12(14-16)10-3-4-10/h7,10H,2-6,8-9H2,1H3. The summed E-state index contributed by atoms with van der Waals surface area (Å²) in [6.07, 6.45) is 2.53. The maximum Gasteiger partial charge on any atom is 0.248 e. The molecular formula is C13H19N3O2. The molecule has 18 heavy (non-hydrogen) atoms. The van der Waals surface area contributed by atoms with Gasteiger partial charge in [0.05, 0.1) is 24.5 Å². The Morgan fingerprint density at radius 3 is 3.06 bits per heavy atom. The molecule has 3 rings (SSSR count). The first kappa shape index (κ1) is 11.7. The Balaban J connectivity index is 1.66. The highest BCUT2D eigenvalue weighted by molar-refractivity contribution is 5.77. The first-order valence-corrected chi connectivity index (χ1v) is 6.70. The van der Waals surface area contributed by atoms with Crippen molar-refractivity contribution in [3.63, 3.8) is 0 Å². The van der Waals surface area contributed by atoms with Crippen LogP contribution >= 0.6 is 0 Å². The minimum Gasteiger partial charge on any atom is -0.372 e. The number of aromatic nitrogens is 2. The van der Waals surface area contributed by atoms with E-state index in [2.05, 4.69) is 15.8 Å². The summed E-state index contributed by atoms with van der Waals surface area (Å²) in [6.45, 7) is 4.90. The monoisotopic (exact) mass is 249 g/mol. The molecule has 0 radical (unpaired) electrons. The number of hydrogen-bond donors (Lipinski definition) is 0. The second-order valence-electron chi connectivity index (χ2n) is 5.01. The number of rotatable bonds is 4. The van der Waals surface area contributed by atoms with Crippen LogP contribution in [0.5, 0.6) is 0 Å². The lowest BCUT2D eigenvalue weighted by Crippen LogP contribution is -2.40. The fraction of sp³-hybridized carbons (Fsp3) is 0.692. The van der Waals surface area contributed by atoms with Crippen molar-refractivity contribution in [3.05, 3.63) is 17.5 Å². The number of fused-ring (bicyclic) bond motifs is 1. The third kappa shape index (κ3) is 2.27. The van der Waals surface area contributed by atoms with Gasteiger partial charge in [-0.25, -0.2) is 0 Å². The summed E-state index contributed by atoms with van der Waals surface area (Å²) in [5.41, 5.74) is 2.37. The average Bonchev–Trinajstić information content (AvgIpc) is 3.15. The molecule has 0 aromatic carbocycles. The fourth-order valence-electron chi connectivity index (χ4n) is 2.36. The van der Waals surface area contributed by atoms with Gasteiger partial charge in [0.25, 0.3) is 0 Å². The van der Waals surface area contributed by atoms with Gasteiger partial charge in [-0.15, -0.1) is 0 Å². The molecule has 5 nitrogen and oxygen atoms in total. The number of nitrogens with zero attached hydrogens (tertiary/aromatic N) is 3. The molecule has 2 heterocycles. The Bertz CT molecular complexity index is 451. The van der Waals surface area contributed by atoms with Crippen molar-refractivity contribution in [1.29, 1.82) is 0 Å². The predicted molar refractivity (Wildman–Crippen MR) is 66.1 cm³/mol. The SMILES string of the molecule is CCOCC(=O)N1CCn2nc(C3CC3)cc2C1. The number of amides is 1. The van der Waals surface area contributed by atoms with Crippen LogP contribution in [0.4, 0.5) is 0 Å². The summed E-state index contributed by atoms with van der Waals surface area (Å²) in [7, 11) is 0. The highest BCUT2D eigenvalue weighted by Crippen LogP contribution is 2.39. The minimum atomic E-state index is 0.0808. The predicted octanol–water partition coefficient (Wildman–Crippen LogP) is 1.14. The molecule has 0 atom stereocenters. The van der Waals surface area contributed by atoms with E-state index in [1.54, 1.807) is 0 Å². The van der Waals surface area contributed by atoms with E-state index < -0.39 is 0 Å². The summed E-state index contributed by atoms with van der Waals surface area (Å²) < 4.78 is 7.23. The molecule has 1 aromatic heterocycles. The van der Waals surface area contributed by atoms with E-state index in [-0.39, 0.29) is 12.5 Å². The summed E-state index contributed by atoms with van der Waals surface area (Å²) in [5.74, 6) is 0.757. The molecular weight excluding hydrogens is 230 g/mol. The Labute approximate surface area is 107 Å². The smallest absolute Gasteiger partial charge is 0.248 e. The molecule has 1 aliphatic heterocycles. The van der Waals surface area contributed by atoms with E-state index in [0.717, 1.165) is 18.8 Å². The maximum absolute atomic E-state index is 11.9. The summed E-state index contributed by atoms with van der Waals surface area (Å²) in [6, 6.07) is 2.16. The van der Waals surface area contributed by atoms with E-state index in [0.29, 0.717) is 19.1 Å². The largest absolute Gasteiger partial charge is 0.372 e. The lowest BCUT2D eigenvalue weighted by molar-refractivity contribution is -0.137. The quantitative estimate of drug-likeness (QED) is 0.804. The van der Waals surface area contributed by atoms with Crippen LogP contribution in [0.3, 0.4) is 0 Å². The normalized spacial score (nSPS) is 18.8.